The second-order valence-electron chi connectivity index (χ2n) is 7.96. The number of fused-ring (bicyclic) bond motifs is 1. The minimum Gasteiger partial charge on any atom is -0.497 e. The van der Waals surface area contributed by atoms with Gasteiger partial charge in [0.2, 0.25) is 0 Å². The molecule has 1 amide bonds. The van der Waals surface area contributed by atoms with Crippen molar-refractivity contribution < 1.29 is 9.53 Å². The van der Waals surface area contributed by atoms with Crippen molar-refractivity contribution in [3.05, 3.63) is 90.4 Å². The van der Waals surface area contributed by atoms with E-state index in [0.29, 0.717) is 13.1 Å². The summed E-state index contributed by atoms with van der Waals surface area (Å²) < 4.78 is 7.37. The summed E-state index contributed by atoms with van der Waals surface area (Å²) in [6.07, 6.45) is 4.05. The molecule has 0 spiro atoms. The average molecular weight is 459 g/mol. The molecule has 168 valence electrons. The average Bonchev–Trinajstić information content (AvgIpc) is 3.30. The molecule has 3 heterocycles. The van der Waals surface area contributed by atoms with Gasteiger partial charge in [-0.2, -0.15) is 0 Å². The zero-order valence-electron chi connectivity index (χ0n) is 18.6. The van der Waals surface area contributed by atoms with E-state index < -0.39 is 0 Å². The van der Waals surface area contributed by atoms with E-state index in [1.54, 1.807) is 18.9 Å². The number of rotatable bonds is 6. The SMILES string of the molecule is COc1cccc(N2CCN(C(=O)c3ccccc3SCc3cn4ccccc4n3)CC2)c1. The molecule has 7 heteroatoms. The van der Waals surface area contributed by atoms with E-state index >= 15 is 0 Å². The van der Waals surface area contributed by atoms with Crippen LogP contribution in [0, 0.1) is 0 Å². The van der Waals surface area contributed by atoms with E-state index in [0.717, 1.165) is 52.1 Å². The highest BCUT2D eigenvalue weighted by molar-refractivity contribution is 7.98. The second kappa shape index (κ2) is 9.58. The summed E-state index contributed by atoms with van der Waals surface area (Å²) >= 11 is 1.66. The van der Waals surface area contributed by atoms with Gasteiger partial charge in [0.1, 0.15) is 11.4 Å². The molecule has 1 saturated heterocycles. The maximum absolute atomic E-state index is 13.4. The van der Waals surface area contributed by atoms with Crippen LogP contribution in [0.5, 0.6) is 5.75 Å². The van der Waals surface area contributed by atoms with Crippen molar-refractivity contribution in [3.8, 4) is 5.75 Å². The van der Waals surface area contributed by atoms with Crippen molar-refractivity contribution >= 4 is 29.0 Å². The number of imidazole rings is 1. The van der Waals surface area contributed by atoms with Crippen molar-refractivity contribution in [1.29, 1.82) is 0 Å². The van der Waals surface area contributed by atoms with E-state index in [2.05, 4.69) is 16.0 Å². The fraction of sp³-hybridized carbons (Fsp3) is 0.231. The van der Waals surface area contributed by atoms with Gasteiger partial charge in [0.05, 0.1) is 18.4 Å². The molecule has 1 fully saturated rings. The number of hydrogen-bond donors (Lipinski definition) is 0. The highest BCUT2D eigenvalue weighted by Gasteiger charge is 2.24. The minimum atomic E-state index is 0.0957. The predicted octanol–water partition coefficient (Wildman–Crippen LogP) is 4.60. The number of amides is 1. The number of hydrogen-bond acceptors (Lipinski definition) is 5. The Balaban J connectivity index is 1.24. The molecule has 0 unspecified atom stereocenters. The zero-order valence-corrected chi connectivity index (χ0v) is 19.4. The summed E-state index contributed by atoms with van der Waals surface area (Å²) in [4.78, 5) is 23.3. The zero-order chi connectivity index (χ0) is 22.6. The van der Waals surface area contributed by atoms with E-state index in [-0.39, 0.29) is 5.91 Å². The highest BCUT2D eigenvalue weighted by Crippen LogP contribution is 2.28. The number of aromatic nitrogens is 2. The van der Waals surface area contributed by atoms with Crippen LogP contribution < -0.4 is 9.64 Å². The number of benzene rings is 2. The van der Waals surface area contributed by atoms with Gasteiger partial charge in [-0.1, -0.05) is 24.3 Å². The van der Waals surface area contributed by atoms with Crippen molar-refractivity contribution in [2.45, 2.75) is 10.6 Å². The first-order valence-electron chi connectivity index (χ1n) is 11.0. The molecular formula is C26H26N4O2S. The number of methoxy groups -OCH3 is 1. The predicted molar refractivity (Wildman–Crippen MR) is 132 cm³/mol. The summed E-state index contributed by atoms with van der Waals surface area (Å²) in [5.41, 5.74) is 3.83. The van der Waals surface area contributed by atoms with E-state index in [1.165, 1.54) is 0 Å². The normalized spacial score (nSPS) is 14.0. The first-order valence-corrected chi connectivity index (χ1v) is 12.0. The van der Waals surface area contributed by atoms with Gasteiger partial charge >= 0.3 is 0 Å². The molecule has 0 aliphatic carbocycles. The molecule has 0 saturated carbocycles. The van der Waals surface area contributed by atoms with Gasteiger partial charge in [-0.05, 0) is 36.4 Å². The van der Waals surface area contributed by atoms with Crippen LogP contribution in [0.25, 0.3) is 5.65 Å². The number of pyridine rings is 1. The van der Waals surface area contributed by atoms with E-state index in [4.69, 9.17) is 4.74 Å². The lowest BCUT2D eigenvalue weighted by molar-refractivity contribution is 0.0743. The van der Waals surface area contributed by atoms with Crippen LogP contribution in [0.15, 0.2) is 84.0 Å². The van der Waals surface area contributed by atoms with Gasteiger partial charge in [-0.15, -0.1) is 11.8 Å². The number of piperazine rings is 1. The minimum absolute atomic E-state index is 0.0957. The van der Waals surface area contributed by atoms with Crippen LogP contribution in [-0.2, 0) is 5.75 Å². The Morgan fingerprint density at radius 1 is 1.00 bits per heavy atom. The van der Waals surface area contributed by atoms with Crippen molar-refractivity contribution in [1.82, 2.24) is 14.3 Å². The summed E-state index contributed by atoms with van der Waals surface area (Å²) in [5, 5.41) is 0. The molecule has 1 aliphatic rings. The molecule has 2 aromatic heterocycles. The first kappa shape index (κ1) is 21.4. The second-order valence-corrected chi connectivity index (χ2v) is 8.98. The fourth-order valence-corrected chi connectivity index (χ4v) is 5.05. The van der Waals surface area contributed by atoms with Gasteiger partial charge < -0.3 is 18.9 Å². The fourth-order valence-electron chi connectivity index (χ4n) is 4.12. The Kier molecular flexibility index (Phi) is 6.21. The first-order chi connectivity index (χ1) is 16.2. The Labute approximate surface area is 197 Å². The maximum atomic E-state index is 13.4. The van der Waals surface area contributed by atoms with Crippen molar-refractivity contribution in [3.63, 3.8) is 0 Å². The molecular weight excluding hydrogens is 432 g/mol. The molecule has 0 atom stereocenters. The number of carbonyl (C=O) groups excluding carboxylic acids is 1. The van der Waals surface area contributed by atoms with Crippen LogP contribution in [0.4, 0.5) is 5.69 Å². The molecule has 4 aromatic rings. The summed E-state index contributed by atoms with van der Waals surface area (Å²) in [6, 6.07) is 22.0. The third-order valence-electron chi connectivity index (χ3n) is 5.89. The third-order valence-corrected chi connectivity index (χ3v) is 7.00. The number of anilines is 1. The van der Waals surface area contributed by atoms with E-state index in [9.17, 15) is 4.79 Å². The maximum Gasteiger partial charge on any atom is 0.255 e. The Morgan fingerprint density at radius 2 is 1.82 bits per heavy atom. The van der Waals surface area contributed by atoms with Gasteiger partial charge in [0.25, 0.3) is 5.91 Å². The molecule has 2 aromatic carbocycles. The molecule has 0 bridgehead atoms. The lowest BCUT2D eigenvalue weighted by Crippen LogP contribution is -2.48. The highest BCUT2D eigenvalue weighted by atomic mass is 32.2. The number of nitrogens with zero attached hydrogens (tertiary/aromatic N) is 4. The van der Waals surface area contributed by atoms with Gasteiger partial charge in [0, 0.05) is 61.0 Å². The topological polar surface area (TPSA) is 50.1 Å². The summed E-state index contributed by atoms with van der Waals surface area (Å²) in [7, 11) is 1.68. The Morgan fingerprint density at radius 3 is 2.64 bits per heavy atom. The standard InChI is InChI=1S/C26H26N4O2S/c1-32-22-8-6-7-21(17-22)28-13-15-29(16-14-28)26(31)23-9-2-3-10-24(23)33-19-20-18-30-12-5-4-11-25(30)27-20/h2-12,17-18H,13-16,19H2,1H3. The Hall–Kier alpha value is -3.45. The molecule has 0 radical (unpaired) electrons. The van der Waals surface area contributed by atoms with Crippen molar-refractivity contribution in [2.75, 3.05) is 38.2 Å². The third kappa shape index (κ3) is 4.68. The quantitative estimate of drug-likeness (QED) is 0.395. The van der Waals surface area contributed by atoms with Crippen LogP contribution >= 0.6 is 11.8 Å². The smallest absolute Gasteiger partial charge is 0.255 e. The Bertz CT molecular complexity index is 1230. The lowest BCUT2D eigenvalue weighted by atomic mass is 10.1. The lowest BCUT2D eigenvalue weighted by Gasteiger charge is -2.36. The molecule has 33 heavy (non-hydrogen) atoms. The van der Waals surface area contributed by atoms with Gasteiger partial charge in [0.15, 0.2) is 0 Å². The van der Waals surface area contributed by atoms with Crippen molar-refractivity contribution in [2.24, 2.45) is 0 Å². The molecule has 1 aliphatic heterocycles. The molecule has 0 N–H and O–H groups in total. The van der Waals surface area contributed by atoms with Crippen LogP contribution in [-0.4, -0.2) is 53.5 Å². The number of carbonyl (C=O) groups is 1. The van der Waals surface area contributed by atoms with Crippen LogP contribution in [0.2, 0.25) is 0 Å². The van der Waals surface area contributed by atoms with Gasteiger partial charge in [-0.3, -0.25) is 4.79 Å². The number of thioether (sulfide) groups is 1. The number of ether oxygens (including phenoxy) is 1. The monoisotopic (exact) mass is 458 g/mol. The van der Waals surface area contributed by atoms with Crippen LogP contribution in [0.3, 0.4) is 0 Å². The summed E-state index contributed by atoms with van der Waals surface area (Å²) in [5.74, 6) is 1.66. The summed E-state index contributed by atoms with van der Waals surface area (Å²) in [6.45, 7) is 2.99. The van der Waals surface area contributed by atoms with Crippen LogP contribution in [0.1, 0.15) is 16.1 Å². The molecule has 6 nitrogen and oxygen atoms in total. The van der Waals surface area contributed by atoms with E-state index in [1.807, 2.05) is 82.4 Å². The molecule has 5 rings (SSSR count). The van der Waals surface area contributed by atoms with Gasteiger partial charge in [-0.25, -0.2) is 4.98 Å². The largest absolute Gasteiger partial charge is 0.497 e.